The van der Waals surface area contributed by atoms with Crippen LogP contribution in [0.1, 0.15) is 89.2 Å². The van der Waals surface area contributed by atoms with Gasteiger partial charge in [-0.1, -0.05) is 12.1 Å². The van der Waals surface area contributed by atoms with Crippen molar-refractivity contribution >= 4 is 29.0 Å². The number of alkyl carbamates (subject to hydrolysis) is 2. The highest BCUT2D eigenvalue weighted by molar-refractivity contribution is 5.98. The van der Waals surface area contributed by atoms with Gasteiger partial charge in [0.05, 0.1) is 0 Å². The van der Waals surface area contributed by atoms with Crippen LogP contribution in [0.25, 0.3) is 10.9 Å². The number of fused-ring (bicyclic) bond motifs is 1. The summed E-state index contributed by atoms with van der Waals surface area (Å²) in [5, 5.41) is 9.43. The second kappa shape index (κ2) is 11.2. The minimum absolute atomic E-state index is 0.215. The first-order chi connectivity index (χ1) is 16.8. The number of nitrogens with one attached hydrogen (secondary N) is 4. The zero-order valence-corrected chi connectivity index (χ0v) is 22.2. The molecule has 198 valence electrons. The van der Waals surface area contributed by atoms with Crippen LogP contribution >= 0.6 is 0 Å². The normalized spacial score (nSPS) is 14.7. The SMILES string of the molecule is CC(C)(C)OC(=O)NCCC[C@@H](CNC(=O)c1cc2ccc(C3CC3)cc2[nH]1)NC(=O)OC(C)(C)C. The molecule has 9 nitrogen and oxygen atoms in total. The predicted molar refractivity (Wildman–Crippen MR) is 139 cm³/mol. The van der Waals surface area contributed by atoms with Gasteiger partial charge in [-0.3, -0.25) is 4.79 Å². The fraction of sp³-hybridized carbons (Fsp3) is 0.593. The Labute approximate surface area is 213 Å². The van der Waals surface area contributed by atoms with Crippen molar-refractivity contribution in [3.05, 3.63) is 35.5 Å². The summed E-state index contributed by atoms with van der Waals surface area (Å²) in [7, 11) is 0. The van der Waals surface area contributed by atoms with E-state index in [9.17, 15) is 14.4 Å². The third-order valence-corrected chi connectivity index (χ3v) is 5.57. The van der Waals surface area contributed by atoms with Gasteiger partial charge in [-0.25, -0.2) is 9.59 Å². The first-order valence-corrected chi connectivity index (χ1v) is 12.7. The second-order valence-electron chi connectivity index (χ2n) is 11.4. The van der Waals surface area contributed by atoms with Crippen LogP contribution < -0.4 is 16.0 Å². The van der Waals surface area contributed by atoms with E-state index in [1.54, 1.807) is 41.5 Å². The summed E-state index contributed by atoms with van der Waals surface area (Å²) in [6, 6.07) is 7.74. The number of H-pyrrole nitrogens is 1. The lowest BCUT2D eigenvalue weighted by Crippen LogP contribution is -2.46. The molecule has 9 heteroatoms. The third-order valence-electron chi connectivity index (χ3n) is 5.57. The van der Waals surface area contributed by atoms with Crippen molar-refractivity contribution < 1.29 is 23.9 Å². The molecule has 4 N–H and O–H groups in total. The molecule has 3 rings (SSSR count). The molecule has 2 aromatic rings. The number of hydrogen-bond donors (Lipinski definition) is 4. The van der Waals surface area contributed by atoms with Gasteiger partial charge in [0.1, 0.15) is 16.9 Å². The Kier molecular flexibility index (Phi) is 8.53. The first-order valence-electron chi connectivity index (χ1n) is 12.7. The van der Waals surface area contributed by atoms with E-state index in [0.29, 0.717) is 31.0 Å². The van der Waals surface area contributed by atoms with E-state index in [-0.39, 0.29) is 18.5 Å². The summed E-state index contributed by atoms with van der Waals surface area (Å²) in [6.07, 6.45) is 2.49. The Morgan fingerprint density at radius 1 is 0.972 bits per heavy atom. The van der Waals surface area contributed by atoms with Crippen LogP contribution in [-0.4, -0.2) is 53.4 Å². The summed E-state index contributed by atoms with van der Waals surface area (Å²) >= 11 is 0. The van der Waals surface area contributed by atoms with E-state index >= 15 is 0 Å². The van der Waals surface area contributed by atoms with Crippen LogP contribution in [0, 0.1) is 0 Å². The number of hydrogen-bond acceptors (Lipinski definition) is 5. The van der Waals surface area contributed by atoms with Crippen molar-refractivity contribution in [3.8, 4) is 0 Å². The zero-order chi connectivity index (χ0) is 26.5. The van der Waals surface area contributed by atoms with Gasteiger partial charge in [-0.15, -0.1) is 0 Å². The molecular formula is C27H40N4O5. The number of ether oxygens (including phenoxy) is 2. The van der Waals surface area contributed by atoms with E-state index in [1.165, 1.54) is 18.4 Å². The van der Waals surface area contributed by atoms with Crippen molar-refractivity contribution in [3.63, 3.8) is 0 Å². The highest BCUT2D eigenvalue weighted by atomic mass is 16.6. The molecular weight excluding hydrogens is 460 g/mol. The van der Waals surface area contributed by atoms with Crippen LogP contribution in [0.3, 0.4) is 0 Å². The molecule has 1 saturated carbocycles. The quantitative estimate of drug-likeness (QED) is 0.362. The van der Waals surface area contributed by atoms with Crippen molar-refractivity contribution in [2.24, 2.45) is 0 Å². The summed E-state index contributed by atoms with van der Waals surface area (Å²) in [6.45, 7) is 11.4. The number of aromatic amines is 1. The summed E-state index contributed by atoms with van der Waals surface area (Å²) in [5.74, 6) is 0.390. The minimum atomic E-state index is -0.639. The van der Waals surface area contributed by atoms with E-state index in [0.717, 1.165) is 10.9 Å². The van der Waals surface area contributed by atoms with Crippen molar-refractivity contribution in [2.75, 3.05) is 13.1 Å². The van der Waals surface area contributed by atoms with Crippen molar-refractivity contribution in [1.29, 1.82) is 0 Å². The van der Waals surface area contributed by atoms with Gasteiger partial charge in [-0.2, -0.15) is 0 Å². The van der Waals surface area contributed by atoms with Gasteiger partial charge < -0.3 is 30.4 Å². The average molecular weight is 501 g/mol. The maximum Gasteiger partial charge on any atom is 0.407 e. The summed E-state index contributed by atoms with van der Waals surface area (Å²) < 4.78 is 10.6. The van der Waals surface area contributed by atoms with E-state index in [1.807, 2.05) is 12.1 Å². The highest BCUT2D eigenvalue weighted by Gasteiger charge is 2.24. The standard InChI is InChI=1S/C27H40N4O5/c1-26(2,3)35-24(33)28-13-7-8-20(30-25(34)36-27(4,5)6)16-29-23(32)22-15-19-12-11-18(17-9-10-17)14-21(19)31-22/h11-12,14-15,17,20,31H,7-10,13,16H2,1-6H3,(H,28,33)(H,29,32)(H,30,34)/t20-/m0/s1. The monoisotopic (exact) mass is 500 g/mol. The lowest BCUT2D eigenvalue weighted by atomic mass is 10.1. The largest absolute Gasteiger partial charge is 0.444 e. The van der Waals surface area contributed by atoms with Gasteiger partial charge >= 0.3 is 12.2 Å². The Hall–Kier alpha value is -3.23. The molecule has 0 aliphatic heterocycles. The Morgan fingerprint density at radius 2 is 1.64 bits per heavy atom. The molecule has 0 spiro atoms. The number of carbonyl (C=O) groups excluding carboxylic acids is 3. The molecule has 0 bridgehead atoms. The number of rotatable bonds is 9. The molecule has 0 saturated heterocycles. The number of benzene rings is 1. The van der Waals surface area contributed by atoms with Crippen LogP contribution in [-0.2, 0) is 9.47 Å². The van der Waals surface area contributed by atoms with Gasteiger partial charge in [-0.05, 0) is 90.8 Å². The molecule has 1 aromatic heterocycles. The van der Waals surface area contributed by atoms with E-state index in [2.05, 4.69) is 33.1 Å². The highest BCUT2D eigenvalue weighted by Crippen LogP contribution is 2.40. The first kappa shape index (κ1) is 27.4. The molecule has 0 unspecified atom stereocenters. The third kappa shape index (κ3) is 9.09. The van der Waals surface area contributed by atoms with Crippen molar-refractivity contribution in [2.45, 2.75) is 90.4 Å². The van der Waals surface area contributed by atoms with Crippen molar-refractivity contribution in [1.82, 2.24) is 20.9 Å². The lowest BCUT2D eigenvalue weighted by Gasteiger charge is -2.24. The fourth-order valence-electron chi connectivity index (χ4n) is 3.80. The van der Waals surface area contributed by atoms with Gasteiger partial charge in [0, 0.05) is 30.0 Å². The second-order valence-corrected chi connectivity index (χ2v) is 11.4. The lowest BCUT2D eigenvalue weighted by molar-refractivity contribution is 0.0487. The Balaban J connectivity index is 1.55. The topological polar surface area (TPSA) is 122 Å². The van der Waals surface area contributed by atoms with Crippen LogP contribution in [0.15, 0.2) is 24.3 Å². The van der Waals surface area contributed by atoms with Gasteiger partial charge in [0.2, 0.25) is 0 Å². The molecule has 1 fully saturated rings. The molecule has 1 heterocycles. The number of carbonyl (C=O) groups is 3. The molecule has 36 heavy (non-hydrogen) atoms. The molecule has 1 atom stereocenters. The number of amides is 3. The molecule has 1 aromatic carbocycles. The van der Waals surface area contributed by atoms with Gasteiger partial charge in [0.25, 0.3) is 5.91 Å². The smallest absolute Gasteiger partial charge is 0.407 e. The maximum absolute atomic E-state index is 12.9. The van der Waals surface area contributed by atoms with Gasteiger partial charge in [0.15, 0.2) is 0 Å². The zero-order valence-electron chi connectivity index (χ0n) is 22.2. The summed E-state index contributed by atoms with van der Waals surface area (Å²) in [5.41, 5.74) is 1.51. The van der Waals surface area contributed by atoms with Crippen LogP contribution in [0.5, 0.6) is 0 Å². The van der Waals surface area contributed by atoms with Crippen LogP contribution in [0.4, 0.5) is 9.59 Å². The molecule has 1 aliphatic carbocycles. The Morgan fingerprint density at radius 3 is 2.28 bits per heavy atom. The minimum Gasteiger partial charge on any atom is -0.444 e. The van der Waals surface area contributed by atoms with Crippen LogP contribution in [0.2, 0.25) is 0 Å². The fourth-order valence-corrected chi connectivity index (χ4v) is 3.80. The maximum atomic E-state index is 12.9. The average Bonchev–Trinajstić information content (AvgIpc) is 3.50. The molecule has 3 amide bonds. The Bertz CT molecular complexity index is 1080. The van der Waals surface area contributed by atoms with E-state index in [4.69, 9.17) is 9.47 Å². The molecule has 0 radical (unpaired) electrons. The number of aromatic nitrogens is 1. The van der Waals surface area contributed by atoms with E-state index < -0.39 is 23.4 Å². The predicted octanol–water partition coefficient (Wildman–Crippen LogP) is 4.97. The summed E-state index contributed by atoms with van der Waals surface area (Å²) in [4.78, 5) is 40.3. The molecule has 1 aliphatic rings.